The molecule has 2 rings (SSSR count). The first kappa shape index (κ1) is 5.69. The Balaban J connectivity index is 2.17. The molecule has 1 aliphatic carbocycles. The van der Waals surface area contributed by atoms with Gasteiger partial charge in [-0.3, -0.25) is 0 Å². The molecule has 2 nitrogen and oxygen atoms in total. The van der Waals surface area contributed by atoms with Crippen molar-refractivity contribution >= 4 is 0 Å². The molecular weight excluding hydrogens is 112 g/mol. The lowest BCUT2D eigenvalue weighted by molar-refractivity contribution is 0.402. The van der Waals surface area contributed by atoms with Crippen LogP contribution >= 0.6 is 0 Å². The van der Waals surface area contributed by atoms with Crippen molar-refractivity contribution < 1.29 is 0 Å². The summed E-state index contributed by atoms with van der Waals surface area (Å²) in [5, 5.41) is 4.31. The number of rotatable bonds is 0. The third kappa shape index (κ3) is 0.700. The van der Waals surface area contributed by atoms with Crippen molar-refractivity contribution in [2.45, 2.75) is 24.8 Å². The zero-order valence-electron chi connectivity index (χ0n) is 5.64. The Morgan fingerprint density at radius 3 is 3.22 bits per heavy atom. The minimum Gasteiger partial charge on any atom is -0.324 e. The number of hydrogen-bond donors (Lipinski definition) is 1. The molecule has 2 atom stereocenters. The van der Waals surface area contributed by atoms with E-state index in [2.05, 4.69) is 5.32 Å². The minimum atomic E-state index is 0.139. The summed E-state index contributed by atoms with van der Waals surface area (Å²) in [4.78, 5) is 0. The summed E-state index contributed by atoms with van der Waals surface area (Å²) in [6.45, 7) is 1.97. The second kappa shape index (κ2) is 1.70. The van der Waals surface area contributed by atoms with E-state index in [0.717, 1.165) is 19.0 Å². The van der Waals surface area contributed by atoms with E-state index >= 15 is 0 Å². The molecule has 2 heteroatoms. The first-order valence-electron chi connectivity index (χ1n) is 3.73. The van der Waals surface area contributed by atoms with E-state index in [4.69, 9.17) is 5.73 Å². The second-order valence-electron chi connectivity index (χ2n) is 3.39. The number of hydrogen-bond acceptors (Lipinski definition) is 1. The fourth-order valence-corrected chi connectivity index (χ4v) is 2.08. The van der Waals surface area contributed by atoms with E-state index in [1.807, 2.05) is 0 Å². The molecule has 2 fully saturated rings. The Labute approximate surface area is 55.8 Å². The van der Waals surface area contributed by atoms with Crippen molar-refractivity contribution in [3.05, 3.63) is 0 Å². The molecule has 1 radical (unpaired) electrons. The average Bonchev–Trinajstić information content (AvgIpc) is 2.22. The molecule has 0 aromatic rings. The van der Waals surface area contributed by atoms with Crippen LogP contribution in [0.15, 0.2) is 0 Å². The van der Waals surface area contributed by atoms with Crippen LogP contribution < -0.4 is 11.1 Å². The van der Waals surface area contributed by atoms with Crippen LogP contribution in [-0.2, 0) is 0 Å². The van der Waals surface area contributed by atoms with E-state index < -0.39 is 0 Å². The van der Waals surface area contributed by atoms with Gasteiger partial charge in [0.25, 0.3) is 0 Å². The van der Waals surface area contributed by atoms with Crippen molar-refractivity contribution in [1.82, 2.24) is 5.32 Å². The maximum absolute atomic E-state index is 6.07. The summed E-state index contributed by atoms with van der Waals surface area (Å²) in [5.41, 5.74) is 6.21. The van der Waals surface area contributed by atoms with E-state index in [1.165, 1.54) is 19.3 Å². The van der Waals surface area contributed by atoms with Crippen LogP contribution in [0.5, 0.6) is 0 Å². The summed E-state index contributed by atoms with van der Waals surface area (Å²) >= 11 is 0. The van der Waals surface area contributed by atoms with Crippen LogP contribution in [0.1, 0.15) is 19.3 Å². The van der Waals surface area contributed by atoms with Gasteiger partial charge in [0.2, 0.25) is 0 Å². The molecule has 2 N–H and O–H groups in total. The molecule has 1 aliphatic heterocycles. The molecule has 51 valence electrons. The van der Waals surface area contributed by atoms with Gasteiger partial charge in [0.1, 0.15) is 0 Å². The smallest absolute Gasteiger partial charge is 0.0339 e. The Morgan fingerprint density at radius 1 is 1.56 bits per heavy atom. The van der Waals surface area contributed by atoms with Crippen LogP contribution in [-0.4, -0.2) is 18.6 Å². The highest BCUT2D eigenvalue weighted by atomic mass is 15.0. The lowest BCUT2D eigenvalue weighted by atomic mass is 9.92. The van der Waals surface area contributed by atoms with Gasteiger partial charge in [0.15, 0.2) is 0 Å². The SMILES string of the molecule is N[C@@]12CCC[C@@H]1C[N]C2. The summed E-state index contributed by atoms with van der Waals surface area (Å²) in [5.74, 6) is 0.734. The normalized spacial score (nSPS) is 49.7. The Morgan fingerprint density at radius 2 is 2.44 bits per heavy atom. The van der Waals surface area contributed by atoms with Crippen molar-refractivity contribution in [2.75, 3.05) is 13.1 Å². The van der Waals surface area contributed by atoms with Crippen molar-refractivity contribution in [1.29, 1.82) is 0 Å². The van der Waals surface area contributed by atoms with E-state index in [0.29, 0.717) is 0 Å². The molecule has 0 bridgehead atoms. The lowest BCUT2D eigenvalue weighted by Crippen LogP contribution is -2.43. The third-order valence-corrected chi connectivity index (χ3v) is 2.76. The van der Waals surface area contributed by atoms with Gasteiger partial charge in [-0.1, -0.05) is 6.42 Å². The molecular formula is C7H13N2. The maximum Gasteiger partial charge on any atom is 0.0339 e. The molecule has 0 aromatic heterocycles. The van der Waals surface area contributed by atoms with Crippen molar-refractivity contribution in [3.63, 3.8) is 0 Å². The van der Waals surface area contributed by atoms with Crippen LogP contribution in [0.4, 0.5) is 0 Å². The number of nitrogens with two attached hydrogens (primary N) is 1. The van der Waals surface area contributed by atoms with Crippen LogP contribution in [0, 0.1) is 5.92 Å². The number of nitrogens with zero attached hydrogens (tertiary/aromatic N) is 1. The highest BCUT2D eigenvalue weighted by Crippen LogP contribution is 2.36. The standard InChI is InChI=1S/C7H13N2/c8-7-3-1-2-6(7)4-9-5-7/h6H,1-5,8H2/t6-,7-/m1/s1. The molecule has 0 unspecified atom stereocenters. The fraction of sp³-hybridized carbons (Fsp3) is 1.00. The van der Waals surface area contributed by atoms with Gasteiger partial charge in [0, 0.05) is 18.6 Å². The van der Waals surface area contributed by atoms with E-state index in [1.54, 1.807) is 0 Å². The molecule has 1 heterocycles. The topological polar surface area (TPSA) is 40.1 Å². The molecule has 0 amide bonds. The first-order valence-corrected chi connectivity index (χ1v) is 3.73. The summed E-state index contributed by atoms with van der Waals surface area (Å²) in [7, 11) is 0. The molecule has 9 heavy (non-hydrogen) atoms. The summed E-state index contributed by atoms with van der Waals surface area (Å²) in [6.07, 6.45) is 3.86. The number of fused-ring (bicyclic) bond motifs is 1. The molecule has 1 saturated heterocycles. The van der Waals surface area contributed by atoms with Gasteiger partial charge in [-0.25, -0.2) is 5.32 Å². The van der Waals surface area contributed by atoms with Gasteiger partial charge < -0.3 is 5.73 Å². The zero-order chi connectivity index (χ0) is 6.32. The molecule has 1 saturated carbocycles. The Hall–Kier alpha value is -0.0800. The summed E-state index contributed by atoms with van der Waals surface area (Å²) in [6, 6.07) is 0. The quantitative estimate of drug-likeness (QED) is 0.490. The lowest BCUT2D eigenvalue weighted by Gasteiger charge is -2.20. The average molecular weight is 125 g/mol. The molecule has 0 aromatic carbocycles. The highest BCUT2D eigenvalue weighted by molar-refractivity contribution is 5.03. The highest BCUT2D eigenvalue weighted by Gasteiger charge is 2.43. The van der Waals surface area contributed by atoms with Crippen LogP contribution in [0.2, 0.25) is 0 Å². The van der Waals surface area contributed by atoms with Gasteiger partial charge in [-0.15, -0.1) is 0 Å². The van der Waals surface area contributed by atoms with Gasteiger partial charge in [-0.05, 0) is 18.8 Å². The second-order valence-corrected chi connectivity index (χ2v) is 3.39. The van der Waals surface area contributed by atoms with Crippen molar-refractivity contribution in [2.24, 2.45) is 11.7 Å². The van der Waals surface area contributed by atoms with Crippen LogP contribution in [0.25, 0.3) is 0 Å². The third-order valence-electron chi connectivity index (χ3n) is 2.76. The zero-order valence-corrected chi connectivity index (χ0v) is 5.64. The Bertz CT molecular complexity index is 112. The largest absolute Gasteiger partial charge is 0.324 e. The predicted octanol–water partition coefficient (Wildman–Crippen LogP) is 0.102. The summed E-state index contributed by atoms with van der Waals surface area (Å²) < 4.78 is 0. The van der Waals surface area contributed by atoms with Gasteiger partial charge >= 0.3 is 0 Å². The van der Waals surface area contributed by atoms with E-state index in [-0.39, 0.29) is 5.54 Å². The fourth-order valence-electron chi connectivity index (χ4n) is 2.08. The van der Waals surface area contributed by atoms with Crippen LogP contribution in [0.3, 0.4) is 0 Å². The van der Waals surface area contributed by atoms with Gasteiger partial charge in [0.05, 0.1) is 0 Å². The van der Waals surface area contributed by atoms with E-state index in [9.17, 15) is 0 Å². The maximum atomic E-state index is 6.07. The first-order chi connectivity index (χ1) is 4.31. The molecule has 2 aliphatic rings. The molecule has 0 spiro atoms. The Kier molecular flexibility index (Phi) is 1.08. The minimum absolute atomic E-state index is 0.139. The monoisotopic (exact) mass is 125 g/mol. The van der Waals surface area contributed by atoms with Crippen molar-refractivity contribution in [3.8, 4) is 0 Å². The predicted molar refractivity (Wildman–Crippen MR) is 36.1 cm³/mol. The van der Waals surface area contributed by atoms with Gasteiger partial charge in [-0.2, -0.15) is 0 Å².